The molecule has 2 heterocycles. The van der Waals surface area contributed by atoms with Crippen LogP contribution in [0.15, 0.2) is 22.2 Å². The summed E-state index contributed by atoms with van der Waals surface area (Å²) in [5.74, 6) is 1.90. The molecular formula is C7H8N4S2. The molecule has 0 amide bonds. The smallest absolute Gasteiger partial charge is 0.174 e. The standard InChI is InChI=1S/C7H8N4S2/c1-11-3-2-8-6(11)4-12-7-10-9-5-13-7/h2-3,5H,4H2,1H3. The number of aryl methyl sites for hydroxylation is 1. The fraction of sp³-hybridized carbons (Fsp3) is 0.286. The minimum Gasteiger partial charge on any atom is -0.337 e. The van der Waals surface area contributed by atoms with Crippen LogP contribution in [0.3, 0.4) is 0 Å². The Balaban J connectivity index is 1.97. The molecule has 0 aliphatic carbocycles. The fourth-order valence-electron chi connectivity index (χ4n) is 0.888. The van der Waals surface area contributed by atoms with Crippen LogP contribution in [0.5, 0.6) is 0 Å². The van der Waals surface area contributed by atoms with Crippen molar-refractivity contribution in [2.45, 2.75) is 10.1 Å². The molecule has 6 heteroatoms. The Kier molecular flexibility index (Phi) is 2.60. The number of hydrogen-bond acceptors (Lipinski definition) is 5. The summed E-state index contributed by atoms with van der Waals surface area (Å²) in [7, 11) is 1.99. The molecular weight excluding hydrogens is 204 g/mol. The van der Waals surface area contributed by atoms with Gasteiger partial charge in [0.25, 0.3) is 0 Å². The lowest BCUT2D eigenvalue weighted by molar-refractivity contribution is 0.848. The van der Waals surface area contributed by atoms with Crippen molar-refractivity contribution in [2.24, 2.45) is 7.05 Å². The summed E-state index contributed by atoms with van der Waals surface area (Å²) in [6, 6.07) is 0. The summed E-state index contributed by atoms with van der Waals surface area (Å²) in [5, 5.41) is 7.70. The van der Waals surface area contributed by atoms with Crippen LogP contribution in [0, 0.1) is 0 Å². The van der Waals surface area contributed by atoms with Crippen molar-refractivity contribution in [1.82, 2.24) is 19.7 Å². The minimum atomic E-state index is 0.846. The van der Waals surface area contributed by atoms with E-state index in [4.69, 9.17) is 0 Å². The first kappa shape index (κ1) is 8.71. The number of rotatable bonds is 3. The average Bonchev–Trinajstić information content (AvgIpc) is 2.72. The summed E-state index contributed by atoms with van der Waals surface area (Å²) >= 11 is 3.21. The zero-order valence-corrected chi connectivity index (χ0v) is 8.68. The predicted molar refractivity (Wildman–Crippen MR) is 52.7 cm³/mol. The molecule has 4 nitrogen and oxygen atoms in total. The fourth-order valence-corrected chi connectivity index (χ4v) is 2.38. The van der Waals surface area contributed by atoms with Gasteiger partial charge in [0.05, 0.1) is 5.75 Å². The van der Waals surface area contributed by atoms with Gasteiger partial charge in [-0.15, -0.1) is 10.2 Å². The Morgan fingerprint density at radius 2 is 2.54 bits per heavy atom. The molecule has 0 radical (unpaired) electrons. The van der Waals surface area contributed by atoms with E-state index in [0.717, 1.165) is 15.9 Å². The van der Waals surface area contributed by atoms with E-state index in [9.17, 15) is 0 Å². The van der Waals surface area contributed by atoms with Gasteiger partial charge in [-0.25, -0.2) is 4.98 Å². The van der Waals surface area contributed by atoms with Crippen LogP contribution in [0.4, 0.5) is 0 Å². The Hall–Kier alpha value is -0.880. The normalized spacial score (nSPS) is 10.5. The Labute approximate surface area is 84.0 Å². The minimum absolute atomic E-state index is 0.846. The highest BCUT2D eigenvalue weighted by atomic mass is 32.2. The lowest BCUT2D eigenvalue weighted by Gasteiger charge is -1.97. The molecule has 2 aromatic heterocycles. The molecule has 0 bridgehead atoms. The Morgan fingerprint density at radius 3 is 3.15 bits per heavy atom. The third-order valence-electron chi connectivity index (χ3n) is 1.59. The topological polar surface area (TPSA) is 43.6 Å². The highest BCUT2D eigenvalue weighted by molar-refractivity contribution is 8.00. The van der Waals surface area contributed by atoms with Gasteiger partial charge in [-0.3, -0.25) is 0 Å². The molecule has 2 rings (SSSR count). The second kappa shape index (κ2) is 3.89. The maximum absolute atomic E-state index is 4.21. The first-order valence-electron chi connectivity index (χ1n) is 3.71. The molecule has 13 heavy (non-hydrogen) atoms. The maximum Gasteiger partial charge on any atom is 0.174 e. The van der Waals surface area contributed by atoms with Crippen LogP contribution < -0.4 is 0 Å². The quantitative estimate of drug-likeness (QED) is 0.724. The lowest BCUT2D eigenvalue weighted by atomic mass is 10.7. The van der Waals surface area contributed by atoms with Gasteiger partial charge in [0.1, 0.15) is 11.3 Å². The number of hydrogen-bond donors (Lipinski definition) is 0. The molecule has 0 saturated carbocycles. The molecule has 0 spiro atoms. The number of aromatic nitrogens is 4. The van der Waals surface area contributed by atoms with E-state index in [0.29, 0.717) is 0 Å². The largest absolute Gasteiger partial charge is 0.337 e. The molecule has 0 atom stereocenters. The van der Waals surface area contributed by atoms with Crippen LogP contribution in [-0.2, 0) is 12.8 Å². The van der Waals surface area contributed by atoms with E-state index >= 15 is 0 Å². The molecule has 0 saturated heterocycles. The molecule has 0 aromatic carbocycles. The van der Waals surface area contributed by atoms with Gasteiger partial charge in [-0.1, -0.05) is 23.1 Å². The third kappa shape index (κ3) is 2.07. The lowest BCUT2D eigenvalue weighted by Crippen LogP contribution is -1.93. The van der Waals surface area contributed by atoms with Crippen molar-refractivity contribution in [3.05, 3.63) is 23.7 Å². The molecule has 0 N–H and O–H groups in total. The number of thioether (sulfide) groups is 1. The van der Waals surface area contributed by atoms with Crippen LogP contribution in [0.2, 0.25) is 0 Å². The molecule has 68 valence electrons. The van der Waals surface area contributed by atoms with E-state index in [1.54, 1.807) is 34.8 Å². The molecule has 2 aromatic rings. The highest BCUT2D eigenvalue weighted by Crippen LogP contribution is 2.22. The molecule has 0 unspecified atom stereocenters. The van der Waals surface area contributed by atoms with E-state index in [-0.39, 0.29) is 0 Å². The first-order valence-corrected chi connectivity index (χ1v) is 5.58. The van der Waals surface area contributed by atoms with Crippen LogP contribution in [0.1, 0.15) is 5.82 Å². The van der Waals surface area contributed by atoms with Crippen LogP contribution >= 0.6 is 23.1 Å². The van der Waals surface area contributed by atoms with E-state index in [1.807, 2.05) is 17.8 Å². The zero-order valence-electron chi connectivity index (χ0n) is 7.04. The van der Waals surface area contributed by atoms with Gasteiger partial charge in [0, 0.05) is 19.4 Å². The number of nitrogens with zero attached hydrogens (tertiary/aromatic N) is 4. The first-order chi connectivity index (χ1) is 6.36. The van der Waals surface area contributed by atoms with Crippen molar-refractivity contribution >= 4 is 23.1 Å². The van der Waals surface area contributed by atoms with E-state index in [2.05, 4.69) is 15.2 Å². The van der Waals surface area contributed by atoms with Gasteiger partial charge >= 0.3 is 0 Å². The van der Waals surface area contributed by atoms with Crippen molar-refractivity contribution in [1.29, 1.82) is 0 Å². The average molecular weight is 212 g/mol. The number of imidazole rings is 1. The SMILES string of the molecule is Cn1ccnc1CSc1nncs1. The van der Waals surface area contributed by atoms with Crippen molar-refractivity contribution in [3.63, 3.8) is 0 Å². The highest BCUT2D eigenvalue weighted by Gasteiger charge is 2.02. The van der Waals surface area contributed by atoms with Gasteiger partial charge in [0.15, 0.2) is 4.34 Å². The van der Waals surface area contributed by atoms with Crippen molar-refractivity contribution < 1.29 is 0 Å². The summed E-state index contributed by atoms with van der Waals surface area (Å²) < 4.78 is 3.00. The Morgan fingerprint density at radius 1 is 1.62 bits per heavy atom. The van der Waals surface area contributed by atoms with Gasteiger partial charge in [-0.2, -0.15) is 0 Å². The molecule has 0 fully saturated rings. The molecule has 0 aliphatic rings. The van der Waals surface area contributed by atoms with Crippen LogP contribution in [-0.4, -0.2) is 19.7 Å². The van der Waals surface area contributed by atoms with Crippen LogP contribution in [0.25, 0.3) is 0 Å². The van der Waals surface area contributed by atoms with Gasteiger partial charge in [-0.05, 0) is 0 Å². The summed E-state index contributed by atoms with van der Waals surface area (Å²) in [6.07, 6.45) is 3.74. The Bertz CT molecular complexity index is 368. The second-order valence-corrected chi connectivity index (χ2v) is 4.50. The predicted octanol–water partition coefficient (Wildman–Crippen LogP) is 1.56. The molecule has 0 aliphatic heterocycles. The second-order valence-electron chi connectivity index (χ2n) is 2.45. The summed E-state index contributed by atoms with van der Waals surface area (Å²) in [4.78, 5) is 4.21. The maximum atomic E-state index is 4.21. The van der Waals surface area contributed by atoms with Crippen molar-refractivity contribution in [2.75, 3.05) is 0 Å². The van der Waals surface area contributed by atoms with E-state index in [1.165, 1.54) is 0 Å². The summed E-state index contributed by atoms with van der Waals surface area (Å²) in [5.41, 5.74) is 1.74. The zero-order chi connectivity index (χ0) is 9.10. The van der Waals surface area contributed by atoms with Gasteiger partial charge in [0.2, 0.25) is 0 Å². The monoisotopic (exact) mass is 212 g/mol. The van der Waals surface area contributed by atoms with E-state index < -0.39 is 0 Å². The van der Waals surface area contributed by atoms with Crippen molar-refractivity contribution in [3.8, 4) is 0 Å². The third-order valence-corrected chi connectivity index (χ3v) is 3.44. The summed E-state index contributed by atoms with van der Waals surface area (Å²) in [6.45, 7) is 0. The van der Waals surface area contributed by atoms with Gasteiger partial charge < -0.3 is 4.57 Å².